The van der Waals surface area contributed by atoms with Crippen molar-refractivity contribution in [1.82, 2.24) is 0 Å². The van der Waals surface area contributed by atoms with E-state index in [-0.39, 0.29) is 12.1 Å². The lowest BCUT2D eigenvalue weighted by Gasteiger charge is -2.13. The summed E-state index contributed by atoms with van der Waals surface area (Å²) in [5.41, 5.74) is 2.35. The molecule has 3 heteroatoms. The average Bonchev–Trinajstić information content (AvgIpc) is 2.37. The first-order valence-electron chi connectivity index (χ1n) is 6.44. The van der Waals surface area contributed by atoms with Crippen LogP contribution >= 0.6 is 0 Å². The molecule has 2 nitrogen and oxygen atoms in total. The second-order valence-electron chi connectivity index (χ2n) is 4.69. The Kier molecular flexibility index (Phi) is 4.38. The zero-order chi connectivity index (χ0) is 13.8. The predicted octanol–water partition coefficient (Wildman–Crippen LogP) is 3.59. The van der Waals surface area contributed by atoms with Gasteiger partial charge in [0.1, 0.15) is 6.10 Å². The normalized spacial score (nSPS) is 12.4. The number of esters is 1. The summed E-state index contributed by atoms with van der Waals surface area (Å²) >= 11 is 0. The number of hydrogen-bond acceptors (Lipinski definition) is 2. The van der Waals surface area contributed by atoms with Crippen LogP contribution in [0.15, 0.2) is 36.4 Å². The molecule has 0 aliphatic carbocycles. The van der Waals surface area contributed by atoms with Gasteiger partial charge >= 0.3 is 5.97 Å². The molecule has 0 heterocycles. The average molecular weight is 269 g/mol. The van der Waals surface area contributed by atoms with Gasteiger partial charge in [-0.1, -0.05) is 36.4 Å². The van der Waals surface area contributed by atoms with E-state index in [1.165, 1.54) is 23.3 Å². The molecule has 0 N–H and O–H groups in total. The maximum atomic E-state index is 11.0. The van der Waals surface area contributed by atoms with Crippen LogP contribution in [-0.4, -0.2) is 16.2 Å². The third kappa shape index (κ3) is 3.44. The van der Waals surface area contributed by atoms with Crippen molar-refractivity contribution in [2.75, 3.05) is 0 Å². The van der Waals surface area contributed by atoms with Gasteiger partial charge in [-0.25, -0.2) is 0 Å². The monoisotopic (exact) mass is 269 g/mol. The maximum absolute atomic E-state index is 11.0. The van der Waals surface area contributed by atoms with Crippen LogP contribution in [-0.2, 0) is 16.0 Å². The molecule has 0 fully saturated rings. The maximum Gasteiger partial charge on any atom is 0.303 e. The predicted molar refractivity (Wildman–Crippen MR) is 78.4 cm³/mol. The molecule has 3 radical (unpaired) electrons. The molecule has 0 bridgehead atoms. The van der Waals surface area contributed by atoms with E-state index in [0.717, 1.165) is 18.0 Å². The molecule has 0 aliphatic rings. The minimum Gasteiger partial charge on any atom is -0.458 e. The lowest BCUT2D eigenvalue weighted by atomic mass is 10.0. The minimum absolute atomic E-state index is 0.205. The molecular formula is C16H17O2Si. The highest BCUT2D eigenvalue weighted by atomic mass is 28.1. The summed E-state index contributed by atoms with van der Waals surface area (Å²) in [5, 5.41) is 2.39. The highest BCUT2D eigenvalue weighted by Gasteiger charge is 2.09. The Morgan fingerprint density at radius 3 is 2.58 bits per heavy atom. The summed E-state index contributed by atoms with van der Waals surface area (Å²) in [6.45, 7) is 3.32. The van der Waals surface area contributed by atoms with Crippen LogP contribution in [0, 0.1) is 0 Å². The SMILES string of the molecule is CC(=O)OC(C)c1ccc2cc(CC[Si])ccc2c1. The van der Waals surface area contributed by atoms with Crippen LogP contribution in [0.3, 0.4) is 0 Å². The van der Waals surface area contributed by atoms with Crippen LogP contribution in [0.2, 0.25) is 6.04 Å². The number of benzene rings is 2. The van der Waals surface area contributed by atoms with Gasteiger partial charge < -0.3 is 4.74 Å². The van der Waals surface area contributed by atoms with E-state index < -0.39 is 0 Å². The summed E-state index contributed by atoms with van der Waals surface area (Å²) in [5.74, 6) is -0.250. The number of carbonyl (C=O) groups excluding carboxylic acids is 1. The van der Waals surface area contributed by atoms with Gasteiger partial charge in [0.25, 0.3) is 0 Å². The summed E-state index contributed by atoms with van der Waals surface area (Å²) in [4.78, 5) is 11.0. The molecule has 2 rings (SSSR count). The summed E-state index contributed by atoms with van der Waals surface area (Å²) in [6, 6.07) is 13.6. The molecule has 0 saturated carbocycles. The number of fused-ring (bicyclic) bond motifs is 1. The van der Waals surface area contributed by atoms with E-state index in [0.29, 0.717) is 0 Å². The Morgan fingerprint density at radius 2 is 1.89 bits per heavy atom. The first kappa shape index (κ1) is 13.8. The van der Waals surface area contributed by atoms with Crippen molar-refractivity contribution < 1.29 is 9.53 Å². The smallest absolute Gasteiger partial charge is 0.303 e. The molecule has 2 aromatic rings. The van der Waals surface area contributed by atoms with Crippen molar-refractivity contribution in [2.45, 2.75) is 32.4 Å². The Balaban J connectivity index is 2.30. The first-order valence-corrected chi connectivity index (χ1v) is 7.15. The number of aryl methyl sites for hydroxylation is 1. The molecule has 1 unspecified atom stereocenters. The van der Waals surface area contributed by atoms with E-state index in [4.69, 9.17) is 4.74 Å². The summed E-state index contributed by atoms with van der Waals surface area (Å²) in [7, 11) is 3.50. The topological polar surface area (TPSA) is 26.3 Å². The second-order valence-corrected chi connectivity index (χ2v) is 5.19. The van der Waals surface area contributed by atoms with Crippen LogP contribution in [0.25, 0.3) is 10.8 Å². The van der Waals surface area contributed by atoms with Crippen LogP contribution in [0.4, 0.5) is 0 Å². The molecule has 0 aromatic heterocycles. The molecule has 0 spiro atoms. The van der Waals surface area contributed by atoms with E-state index in [9.17, 15) is 4.79 Å². The van der Waals surface area contributed by atoms with Crippen molar-refractivity contribution >= 4 is 27.0 Å². The Hall–Kier alpha value is -1.61. The Labute approximate surface area is 117 Å². The van der Waals surface area contributed by atoms with Gasteiger partial charge in [-0.2, -0.15) is 0 Å². The van der Waals surface area contributed by atoms with Gasteiger partial charge in [0, 0.05) is 17.2 Å². The standard InChI is InChI=1S/C16H17O2Si/c1-11(18-12(2)17)14-5-6-15-9-13(7-8-19)3-4-16(15)10-14/h3-6,9-11H,7-8H2,1-2H3. The van der Waals surface area contributed by atoms with Crippen molar-refractivity contribution in [1.29, 1.82) is 0 Å². The molecule has 2 aromatic carbocycles. The third-order valence-corrected chi connectivity index (χ3v) is 3.40. The third-order valence-electron chi connectivity index (χ3n) is 3.15. The largest absolute Gasteiger partial charge is 0.458 e. The van der Waals surface area contributed by atoms with Crippen molar-refractivity contribution in [3.8, 4) is 0 Å². The number of carbonyl (C=O) groups is 1. The van der Waals surface area contributed by atoms with Crippen molar-refractivity contribution in [2.24, 2.45) is 0 Å². The van der Waals surface area contributed by atoms with Gasteiger partial charge in [0.15, 0.2) is 0 Å². The molecule has 0 aliphatic heterocycles. The molecule has 0 amide bonds. The number of hydrogen-bond donors (Lipinski definition) is 0. The van der Waals surface area contributed by atoms with Gasteiger partial charge in [-0.3, -0.25) is 4.79 Å². The Morgan fingerprint density at radius 1 is 1.21 bits per heavy atom. The lowest BCUT2D eigenvalue weighted by Crippen LogP contribution is -2.04. The highest BCUT2D eigenvalue weighted by Crippen LogP contribution is 2.24. The quantitative estimate of drug-likeness (QED) is 0.626. The Bertz CT molecular complexity index is 592. The summed E-state index contributed by atoms with van der Waals surface area (Å²) in [6.07, 6.45) is 0.821. The fourth-order valence-corrected chi connectivity index (χ4v) is 2.47. The van der Waals surface area contributed by atoms with Gasteiger partial charge in [0.2, 0.25) is 0 Å². The van der Waals surface area contributed by atoms with Gasteiger partial charge in [-0.15, -0.1) is 0 Å². The second kappa shape index (κ2) is 6.02. The van der Waals surface area contributed by atoms with Crippen molar-refractivity contribution in [3.05, 3.63) is 47.5 Å². The fraction of sp³-hybridized carbons (Fsp3) is 0.312. The van der Waals surface area contributed by atoms with Crippen LogP contribution in [0.1, 0.15) is 31.1 Å². The number of ether oxygens (including phenoxy) is 1. The first-order chi connectivity index (χ1) is 9.10. The zero-order valence-corrected chi connectivity index (χ0v) is 12.3. The van der Waals surface area contributed by atoms with Gasteiger partial charge in [-0.05, 0) is 41.3 Å². The van der Waals surface area contributed by atoms with E-state index in [2.05, 4.69) is 40.6 Å². The fourth-order valence-electron chi connectivity index (χ4n) is 2.18. The summed E-state index contributed by atoms with van der Waals surface area (Å²) < 4.78 is 5.20. The highest BCUT2D eigenvalue weighted by molar-refractivity contribution is 6.08. The number of rotatable bonds is 4. The lowest BCUT2D eigenvalue weighted by molar-refractivity contribution is -0.145. The zero-order valence-electron chi connectivity index (χ0n) is 11.3. The molecule has 0 saturated heterocycles. The molecule has 19 heavy (non-hydrogen) atoms. The van der Waals surface area contributed by atoms with Gasteiger partial charge in [0.05, 0.1) is 0 Å². The van der Waals surface area contributed by atoms with Crippen LogP contribution in [0.5, 0.6) is 0 Å². The van der Waals surface area contributed by atoms with E-state index in [1.54, 1.807) is 0 Å². The van der Waals surface area contributed by atoms with Crippen molar-refractivity contribution in [3.63, 3.8) is 0 Å². The van der Waals surface area contributed by atoms with E-state index >= 15 is 0 Å². The molecule has 97 valence electrons. The molecular weight excluding hydrogens is 252 g/mol. The molecule has 1 atom stereocenters. The van der Waals surface area contributed by atoms with Crippen LogP contribution < -0.4 is 0 Å². The minimum atomic E-state index is -0.250. The van der Waals surface area contributed by atoms with E-state index in [1.807, 2.05) is 13.0 Å².